The van der Waals surface area contributed by atoms with Gasteiger partial charge < -0.3 is 10.1 Å². The van der Waals surface area contributed by atoms with Crippen LogP contribution >= 0.6 is 0 Å². The van der Waals surface area contributed by atoms with Crippen molar-refractivity contribution >= 4 is 5.95 Å². The Hall–Kier alpha value is -1.81. The van der Waals surface area contributed by atoms with Gasteiger partial charge in [0.05, 0.1) is 6.61 Å². The molecule has 1 atom stereocenters. The number of nitrogens with zero attached hydrogens (tertiary/aromatic N) is 2. The summed E-state index contributed by atoms with van der Waals surface area (Å²) < 4.78 is 7.44. The van der Waals surface area contributed by atoms with Gasteiger partial charge in [0, 0.05) is 37.2 Å². The normalized spacial score (nSPS) is 19.0. The Kier molecular flexibility index (Phi) is 3.28. The van der Waals surface area contributed by atoms with Gasteiger partial charge in [0.15, 0.2) is 0 Å². The first kappa shape index (κ1) is 11.3. The molecule has 1 N–H and O–H groups in total. The Bertz CT molecular complexity index is 489. The number of benzene rings is 1. The van der Waals surface area contributed by atoms with Crippen molar-refractivity contribution in [3.63, 3.8) is 0 Å². The highest BCUT2D eigenvalue weighted by Gasteiger charge is 2.16. The average molecular weight is 243 g/mol. The van der Waals surface area contributed by atoms with Gasteiger partial charge in [-0.1, -0.05) is 18.2 Å². The van der Waals surface area contributed by atoms with Crippen LogP contribution in [-0.2, 0) is 4.74 Å². The van der Waals surface area contributed by atoms with Crippen LogP contribution in [0.5, 0.6) is 0 Å². The summed E-state index contributed by atoms with van der Waals surface area (Å²) in [5.41, 5.74) is 1.13. The van der Waals surface area contributed by atoms with Crippen LogP contribution in [0.1, 0.15) is 6.42 Å². The van der Waals surface area contributed by atoms with E-state index in [0.29, 0.717) is 5.92 Å². The molecule has 0 aliphatic carbocycles. The standard InChI is InChI=1S/C14H17N3O/c1-2-4-13(5-3-1)17-8-7-15-14(17)16-10-12-6-9-18-11-12/h1-5,7-8,12H,6,9-11H2,(H,15,16). The number of aromatic nitrogens is 2. The quantitative estimate of drug-likeness (QED) is 0.895. The minimum Gasteiger partial charge on any atom is -0.381 e. The van der Waals surface area contributed by atoms with Crippen LogP contribution in [0.2, 0.25) is 0 Å². The first-order valence-corrected chi connectivity index (χ1v) is 6.34. The SMILES string of the molecule is c1ccc(-n2ccnc2NCC2CCOC2)cc1. The van der Waals surface area contributed by atoms with Crippen LogP contribution in [0.25, 0.3) is 5.69 Å². The van der Waals surface area contributed by atoms with Crippen molar-refractivity contribution in [3.05, 3.63) is 42.7 Å². The molecular weight excluding hydrogens is 226 g/mol. The van der Waals surface area contributed by atoms with E-state index in [1.807, 2.05) is 30.6 Å². The van der Waals surface area contributed by atoms with Gasteiger partial charge in [-0.25, -0.2) is 4.98 Å². The number of para-hydroxylation sites is 1. The summed E-state index contributed by atoms with van der Waals surface area (Å²) in [5, 5.41) is 3.41. The molecule has 2 heterocycles. The molecular formula is C14H17N3O. The molecule has 0 saturated carbocycles. The second-order valence-electron chi connectivity index (χ2n) is 4.57. The summed E-state index contributed by atoms with van der Waals surface area (Å²) in [4.78, 5) is 4.36. The lowest BCUT2D eigenvalue weighted by atomic mass is 10.1. The van der Waals surface area contributed by atoms with Gasteiger partial charge in [0.2, 0.25) is 5.95 Å². The Morgan fingerprint density at radius 3 is 3.00 bits per heavy atom. The minimum atomic E-state index is 0.603. The smallest absolute Gasteiger partial charge is 0.207 e. The zero-order valence-electron chi connectivity index (χ0n) is 10.2. The van der Waals surface area contributed by atoms with E-state index in [9.17, 15) is 0 Å². The molecule has 0 radical (unpaired) electrons. The lowest BCUT2D eigenvalue weighted by molar-refractivity contribution is 0.187. The van der Waals surface area contributed by atoms with Crippen molar-refractivity contribution in [1.82, 2.24) is 9.55 Å². The van der Waals surface area contributed by atoms with Gasteiger partial charge in [-0.3, -0.25) is 4.57 Å². The van der Waals surface area contributed by atoms with Crippen LogP contribution in [-0.4, -0.2) is 29.3 Å². The number of hydrogen-bond donors (Lipinski definition) is 1. The van der Waals surface area contributed by atoms with Crippen LogP contribution < -0.4 is 5.32 Å². The monoisotopic (exact) mass is 243 g/mol. The van der Waals surface area contributed by atoms with Crippen molar-refractivity contribution < 1.29 is 4.74 Å². The van der Waals surface area contributed by atoms with Gasteiger partial charge >= 0.3 is 0 Å². The summed E-state index contributed by atoms with van der Waals surface area (Å²) in [6.07, 6.45) is 4.93. The third-order valence-corrected chi connectivity index (χ3v) is 3.25. The summed E-state index contributed by atoms with van der Waals surface area (Å²) in [6.45, 7) is 2.67. The van der Waals surface area contributed by atoms with Crippen molar-refractivity contribution in [1.29, 1.82) is 0 Å². The van der Waals surface area contributed by atoms with E-state index in [2.05, 4.69) is 27.0 Å². The summed E-state index contributed by atoms with van der Waals surface area (Å²) >= 11 is 0. The lowest BCUT2D eigenvalue weighted by Gasteiger charge is -2.12. The van der Waals surface area contributed by atoms with E-state index >= 15 is 0 Å². The van der Waals surface area contributed by atoms with Gasteiger partial charge in [-0.15, -0.1) is 0 Å². The number of nitrogens with one attached hydrogen (secondary N) is 1. The molecule has 2 aromatic rings. The van der Waals surface area contributed by atoms with E-state index in [-0.39, 0.29) is 0 Å². The number of anilines is 1. The second kappa shape index (κ2) is 5.23. The van der Waals surface area contributed by atoms with Gasteiger partial charge in [-0.05, 0) is 18.6 Å². The Labute approximate surface area is 107 Å². The third-order valence-electron chi connectivity index (χ3n) is 3.25. The lowest BCUT2D eigenvalue weighted by Crippen LogP contribution is -2.16. The zero-order valence-corrected chi connectivity index (χ0v) is 10.2. The number of rotatable bonds is 4. The summed E-state index contributed by atoms with van der Waals surface area (Å²) in [5.74, 6) is 1.50. The van der Waals surface area contributed by atoms with E-state index in [4.69, 9.17) is 4.74 Å². The molecule has 0 amide bonds. The predicted octanol–water partition coefficient (Wildman–Crippen LogP) is 2.32. The molecule has 18 heavy (non-hydrogen) atoms. The fourth-order valence-electron chi connectivity index (χ4n) is 2.21. The van der Waals surface area contributed by atoms with Crippen LogP contribution in [0.4, 0.5) is 5.95 Å². The van der Waals surface area contributed by atoms with E-state index in [0.717, 1.165) is 37.8 Å². The maximum Gasteiger partial charge on any atom is 0.207 e. The highest BCUT2D eigenvalue weighted by atomic mass is 16.5. The Morgan fingerprint density at radius 2 is 2.22 bits per heavy atom. The maximum atomic E-state index is 5.37. The van der Waals surface area contributed by atoms with Crippen molar-refractivity contribution in [2.45, 2.75) is 6.42 Å². The number of hydrogen-bond acceptors (Lipinski definition) is 3. The first-order valence-electron chi connectivity index (χ1n) is 6.34. The molecule has 1 aliphatic heterocycles. The molecule has 1 aromatic carbocycles. The van der Waals surface area contributed by atoms with Gasteiger partial charge in [0.1, 0.15) is 0 Å². The fraction of sp³-hybridized carbons (Fsp3) is 0.357. The molecule has 4 nitrogen and oxygen atoms in total. The minimum absolute atomic E-state index is 0.603. The molecule has 4 heteroatoms. The second-order valence-corrected chi connectivity index (χ2v) is 4.57. The Morgan fingerprint density at radius 1 is 1.33 bits per heavy atom. The molecule has 3 rings (SSSR count). The average Bonchev–Trinajstić information content (AvgIpc) is 3.09. The molecule has 1 unspecified atom stereocenters. The molecule has 94 valence electrons. The van der Waals surface area contributed by atoms with Crippen molar-refractivity contribution in [2.75, 3.05) is 25.1 Å². The van der Waals surface area contributed by atoms with Gasteiger partial charge in [-0.2, -0.15) is 0 Å². The number of imidazole rings is 1. The molecule has 0 spiro atoms. The number of ether oxygens (including phenoxy) is 1. The Balaban J connectivity index is 1.71. The molecule has 1 fully saturated rings. The first-order chi connectivity index (χ1) is 8.93. The highest BCUT2D eigenvalue weighted by molar-refractivity contribution is 5.41. The maximum absolute atomic E-state index is 5.37. The fourth-order valence-corrected chi connectivity index (χ4v) is 2.21. The van der Waals surface area contributed by atoms with Crippen LogP contribution in [0.3, 0.4) is 0 Å². The van der Waals surface area contributed by atoms with E-state index in [1.165, 1.54) is 0 Å². The summed E-state index contributed by atoms with van der Waals surface area (Å²) in [7, 11) is 0. The molecule has 0 bridgehead atoms. The predicted molar refractivity (Wildman–Crippen MR) is 71.0 cm³/mol. The van der Waals surface area contributed by atoms with Crippen molar-refractivity contribution in [2.24, 2.45) is 5.92 Å². The topological polar surface area (TPSA) is 39.1 Å². The van der Waals surface area contributed by atoms with Crippen LogP contribution in [0, 0.1) is 5.92 Å². The van der Waals surface area contributed by atoms with E-state index < -0.39 is 0 Å². The summed E-state index contributed by atoms with van der Waals surface area (Å²) in [6, 6.07) is 10.2. The van der Waals surface area contributed by atoms with E-state index in [1.54, 1.807) is 0 Å². The van der Waals surface area contributed by atoms with Crippen LogP contribution in [0.15, 0.2) is 42.7 Å². The molecule has 1 aromatic heterocycles. The van der Waals surface area contributed by atoms with Crippen molar-refractivity contribution in [3.8, 4) is 5.69 Å². The molecule has 1 saturated heterocycles. The highest BCUT2D eigenvalue weighted by Crippen LogP contribution is 2.16. The third kappa shape index (κ3) is 2.38. The van der Waals surface area contributed by atoms with Gasteiger partial charge in [0.25, 0.3) is 0 Å². The molecule has 1 aliphatic rings. The zero-order chi connectivity index (χ0) is 12.2. The largest absolute Gasteiger partial charge is 0.381 e.